The molecule has 0 spiro atoms. The Morgan fingerprint density at radius 3 is 2.34 bits per heavy atom. The number of hydrogen-bond donors (Lipinski definition) is 0. The molecule has 0 radical (unpaired) electrons. The van der Waals surface area contributed by atoms with Crippen LogP contribution in [0.3, 0.4) is 0 Å². The van der Waals surface area contributed by atoms with Gasteiger partial charge >= 0.3 is 6.11 Å². The summed E-state index contributed by atoms with van der Waals surface area (Å²) in [5.41, 5.74) is 7.19. The second-order valence-electron chi connectivity index (χ2n) is 7.09. The minimum Gasteiger partial charge on any atom is -0.432 e. The molecule has 0 bridgehead atoms. The van der Waals surface area contributed by atoms with Crippen molar-refractivity contribution in [3.8, 4) is 5.75 Å². The van der Waals surface area contributed by atoms with Crippen molar-refractivity contribution in [3.05, 3.63) is 70.4 Å². The number of rotatable bonds is 3. The molecule has 3 nitrogen and oxygen atoms in total. The first-order valence-corrected chi connectivity index (χ1v) is 9.86. The molecule has 152 valence electrons. The Kier molecular flexibility index (Phi) is 5.69. The van der Waals surface area contributed by atoms with E-state index < -0.39 is 6.11 Å². The number of alkyl halides is 2. The predicted octanol–water partition coefficient (Wildman–Crippen LogP) is 6.98. The number of hydrogen-bond acceptors (Lipinski definition) is 3. The standard InChI is InChI=1S/C22H20F2N2O.C2H6/c1-12-9-10-17-16(11-12)20-19(13(2)25-17)14(3)26-21(20)15-7-5-6-8-18(15)27-22(4,23)24;1-2/h5-11,20H,1-4H3;1-2H3. The Labute approximate surface area is 170 Å². The summed E-state index contributed by atoms with van der Waals surface area (Å²) in [4.78, 5) is 9.49. The Balaban J connectivity index is 0.00000117. The summed E-state index contributed by atoms with van der Waals surface area (Å²) in [6, 6.07) is 13.0. The second-order valence-corrected chi connectivity index (χ2v) is 7.09. The van der Waals surface area contributed by atoms with E-state index in [0.29, 0.717) is 5.56 Å². The number of para-hydroxylation sites is 1. The van der Waals surface area contributed by atoms with Crippen LogP contribution in [0.25, 0.3) is 0 Å². The lowest BCUT2D eigenvalue weighted by molar-refractivity contribution is -0.159. The van der Waals surface area contributed by atoms with Crippen LogP contribution >= 0.6 is 0 Å². The lowest BCUT2D eigenvalue weighted by Crippen LogP contribution is -2.23. The predicted molar refractivity (Wildman–Crippen MR) is 115 cm³/mol. The van der Waals surface area contributed by atoms with Gasteiger partial charge in [0.15, 0.2) is 0 Å². The highest BCUT2D eigenvalue weighted by molar-refractivity contribution is 6.20. The quantitative estimate of drug-likeness (QED) is 0.551. The Hall–Kier alpha value is -2.82. The summed E-state index contributed by atoms with van der Waals surface area (Å²) in [5, 5.41) is 0. The van der Waals surface area contributed by atoms with Crippen molar-refractivity contribution in [1.29, 1.82) is 0 Å². The minimum absolute atomic E-state index is 0.132. The van der Waals surface area contributed by atoms with Crippen LogP contribution in [-0.2, 0) is 0 Å². The average Bonchev–Trinajstić information content (AvgIpc) is 3.01. The maximum absolute atomic E-state index is 13.5. The summed E-state index contributed by atoms with van der Waals surface area (Å²) in [6.07, 6.45) is -3.26. The molecule has 2 aliphatic rings. The van der Waals surface area contributed by atoms with Gasteiger partial charge in [-0.05, 0) is 44.5 Å². The van der Waals surface area contributed by atoms with Gasteiger partial charge in [-0.15, -0.1) is 0 Å². The number of nitrogens with zero attached hydrogens (tertiary/aromatic N) is 2. The van der Waals surface area contributed by atoms with Crippen molar-refractivity contribution < 1.29 is 13.5 Å². The first kappa shape index (κ1) is 20.9. The SMILES string of the molecule is CC.CC1=Nc2ccc(C)cc2C2C(c3ccccc3OC(C)(F)F)=NC(C)=C12. The zero-order chi connectivity index (χ0) is 21.3. The van der Waals surface area contributed by atoms with Crippen LogP contribution in [0.4, 0.5) is 14.5 Å². The molecule has 1 atom stereocenters. The zero-order valence-corrected chi connectivity index (χ0v) is 17.7. The van der Waals surface area contributed by atoms with Gasteiger partial charge in [0.05, 0.1) is 17.3 Å². The van der Waals surface area contributed by atoms with Gasteiger partial charge in [0.25, 0.3) is 0 Å². The molecule has 0 aromatic heterocycles. The van der Waals surface area contributed by atoms with Crippen molar-refractivity contribution >= 4 is 17.1 Å². The number of aryl methyl sites for hydroxylation is 1. The molecule has 1 unspecified atom stereocenters. The highest BCUT2D eigenvalue weighted by atomic mass is 19.3. The van der Waals surface area contributed by atoms with Crippen LogP contribution in [0.5, 0.6) is 5.75 Å². The van der Waals surface area contributed by atoms with Crippen molar-refractivity contribution in [2.75, 3.05) is 0 Å². The highest BCUT2D eigenvalue weighted by Crippen LogP contribution is 2.46. The fourth-order valence-corrected chi connectivity index (χ4v) is 3.85. The van der Waals surface area contributed by atoms with Crippen LogP contribution in [0.2, 0.25) is 0 Å². The third-order valence-corrected chi connectivity index (χ3v) is 4.86. The molecular formula is C24H26F2N2O. The highest BCUT2D eigenvalue weighted by Gasteiger charge is 2.38. The molecule has 0 saturated carbocycles. The van der Waals surface area contributed by atoms with E-state index in [1.807, 2.05) is 52.8 Å². The van der Waals surface area contributed by atoms with Crippen LogP contribution in [0.15, 0.2) is 63.7 Å². The maximum atomic E-state index is 13.5. The Morgan fingerprint density at radius 2 is 1.66 bits per heavy atom. The van der Waals surface area contributed by atoms with E-state index in [-0.39, 0.29) is 11.7 Å². The van der Waals surface area contributed by atoms with Gasteiger partial charge < -0.3 is 4.74 Å². The van der Waals surface area contributed by atoms with Gasteiger partial charge in [-0.25, -0.2) is 0 Å². The average molecular weight is 396 g/mol. The molecule has 0 N–H and O–H groups in total. The van der Waals surface area contributed by atoms with Crippen molar-refractivity contribution in [2.24, 2.45) is 9.98 Å². The van der Waals surface area contributed by atoms with Gasteiger partial charge in [0, 0.05) is 29.5 Å². The molecule has 0 amide bonds. The summed E-state index contributed by atoms with van der Waals surface area (Å²) < 4.78 is 32.0. The van der Waals surface area contributed by atoms with E-state index in [1.54, 1.807) is 18.2 Å². The number of benzene rings is 2. The van der Waals surface area contributed by atoms with Crippen LogP contribution in [0.1, 0.15) is 57.2 Å². The number of halogens is 2. The fourth-order valence-electron chi connectivity index (χ4n) is 3.85. The number of allylic oxidation sites excluding steroid dienone is 2. The molecule has 2 aliphatic heterocycles. The second kappa shape index (κ2) is 7.90. The molecule has 4 rings (SSSR count). The van der Waals surface area contributed by atoms with Gasteiger partial charge in [0.1, 0.15) is 5.75 Å². The molecule has 2 heterocycles. The van der Waals surface area contributed by atoms with E-state index in [0.717, 1.165) is 46.4 Å². The van der Waals surface area contributed by atoms with Gasteiger partial charge in [-0.2, -0.15) is 8.78 Å². The molecule has 5 heteroatoms. The van der Waals surface area contributed by atoms with Crippen molar-refractivity contribution in [3.63, 3.8) is 0 Å². The van der Waals surface area contributed by atoms with E-state index in [4.69, 9.17) is 14.7 Å². The minimum atomic E-state index is -3.26. The third kappa shape index (κ3) is 4.00. The van der Waals surface area contributed by atoms with Gasteiger partial charge in [-0.3, -0.25) is 9.98 Å². The summed E-state index contributed by atoms with van der Waals surface area (Å²) in [5.74, 6) is -0.000188. The van der Waals surface area contributed by atoms with Crippen LogP contribution in [-0.4, -0.2) is 17.5 Å². The van der Waals surface area contributed by atoms with Crippen LogP contribution < -0.4 is 4.74 Å². The zero-order valence-electron chi connectivity index (χ0n) is 17.7. The smallest absolute Gasteiger partial charge is 0.394 e. The van der Waals surface area contributed by atoms with E-state index >= 15 is 0 Å². The Morgan fingerprint density at radius 1 is 0.966 bits per heavy atom. The van der Waals surface area contributed by atoms with E-state index in [9.17, 15) is 8.78 Å². The summed E-state index contributed by atoms with van der Waals surface area (Å²) in [7, 11) is 0. The molecule has 0 aliphatic carbocycles. The Bertz CT molecular complexity index is 1030. The van der Waals surface area contributed by atoms with E-state index in [2.05, 4.69) is 6.07 Å². The van der Waals surface area contributed by atoms with Gasteiger partial charge in [0.2, 0.25) is 0 Å². The topological polar surface area (TPSA) is 34.0 Å². The summed E-state index contributed by atoms with van der Waals surface area (Å²) >= 11 is 0. The summed E-state index contributed by atoms with van der Waals surface area (Å²) in [6.45, 7) is 10.7. The molecule has 0 saturated heterocycles. The number of fused-ring (bicyclic) bond motifs is 3. The largest absolute Gasteiger partial charge is 0.432 e. The van der Waals surface area contributed by atoms with E-state index in [1.165, 1.54) is 0 Å². The van der Waals surface area contributed by atoms with Crippen molar-refractivity contribution in [1.82, 2.24) is 0 Å². The number of aliphatic imine (C=N–C) groups is 2. The molecular weight excluding hydrogens is 370 g/mol. The fraction of sp³-hybridized carbons (Fsp3) is 0.333. The molecule has 29 heavy (non-hydrogen) atoms. The first-order chi connectivity index (χ1) is 13.7. The first-order valence-electron chi connectivity index (χ1n) is 9.86. The van der Waals surface area contributed by atoms with Gasteiger partial charge in [-0.1, -0.05) is 43.7 Å². The third-order valence-electron chi connectivity index (χ3n) is 4.86. The lowest BCUT2D eigenvalue weighted by atomic mass is 9.80. The normalized spacial score (nSPS) is 17.6. The molecule has 2 aromatic rings. The maximum Gasteiger partial charge on any atom is 0.394 e. The molecule has 2 aromatic carbocycles. The molecule has 0 fully saturated rings. The lowest BCUT2D eigenvalue weighted by Gasteiger charge is -2.26. The van der Waals surface area contributed by atoms with Crippen molar-refractivity contribution in [2.45, 2.75) is 53.6 Å². The monoisotopic (exact) mass is 396 g/mol. The van der Waals surface area contributed by atoms with Crippen LogP contribution in [0, 0.1) is 6.92 Å². The number of ether oxygens (including phenoxy) is 1.